The van der Waals surface area contributed by atoms with Crippen LogP contribution in [0.1, 0.15) is 30.9 Å². The Hall–Kier alpha value is -3.44. The molecule has 3 amide bonds. The molecule has 34 heavy (non-hydrogen) atoms. The van der Waals surface area contributed by atoms with Gasteiger partial charge in [-0.05, 0) is 47.7 Å². The summed E-state index contributed by atoms with van der Waals surface area (Å²) in [7, 11) is 0. The van der Waals surface area contributed by atoms with Crippen molar-refractivity contribution < 1.29 is 9.59 Å². The fourth-order valence-electron chi connectivity index (χ4n) is 5.40. The number of benzene rings is 3. The smallest absolute Gasteiger partial charge is 0.310 e. The molecule has 5 rings (SSSR count). The first-order chi connectivity index (χ1) is 16.6. The van der Waals surface area contributed by atoms with Gasteiger partial charge in [0.25, 0.3) is 5.91 Å². The number of imide groups is 1. The molecule has 2 aliphatic rings. The highest BCUT2D eigenvalue weighted by molar-refractivity contribution is 6.07. The van der Waals surface area contributed by atoms with E-state index in [1.807, 2.05) is 49.4 Å². The SMILES string of the molecule is CCN1C(=O)N(C/C=C/c2ccccc2)C(=O)C12CCN(Cc1ccc3ccccc3c1)CC2. The molecule has 2 fully saturated rings. The lowest BCUT2D eigenvalue weighted by Crippen LogP contribution is -2.56. The zero-order chi connectivity index (χ0) is 23.5. The summed E-state index contributed by atoms with van der Waals surface area (Å²) < 4.78 is 0. The number of carbonyl (C=O) groups excluding carboxylic acids is 2. The number of hydrogen-bond donors (Lipinski definition) is 0. The van der Waals surface area contributed by atoms with E-state index in [9.17, 15) is 9.59 Å². The van der Waals surface area contributed by atoms with Crippen molar-refractivity contribution >= 4 is 28.8 Å². The zero-order valence-corrected chi connectivity index (χ0v) is 19.7. The minimum atomic E-state index is -0.702. The Morgan fingerprint density at radius 3 is 2.32 bits per heavy atom. The molecule has 0 saturated carbocycles. The second kappa shape index (κ2) is 9.43. The van der Waals surface area contributed by atoms with E-state index in [1.165, 1.54) is 21.2 Å². The molecule has 0 aromatic heterocycles. The Morgan fingerprint density at radius 1 is 0.882 bits per heavy atom. The largest absolute Gasteiger partial charge is 0.327 e. The normalized spacial score (nSPS) is 18.6. The summed E-state index contributed by atoms with van der Waals surface area (Å²) in [4.78, 5) is 32.3. The number of nitrogens with zero attached hydrogens (tertiary/aromatic N) is 3. The lowest BCUT2D eigenvalue weighted by atomic mass is 9.85. The standard InChI is InChI=1S/C29H31N3O2/c1-2-32-28(34)31(18-8-11-23-9-4-3-5-10-23)27(33)29(32)16-19-30(20-17-29)22-24-14-15-25-12-6-7-13-26(25)21-24/h3-15,21H,2,16-20,22H2,1H3/b11-8+. The molecule has 0 unspecified atom stereocenters. The van der Waals surface area contributed by atoms with E-state index < -0.39 is 5.54 Å². The maximum Gasteiger partial charge on any atom is 0.327 e. The van der Waals surface area contributed by atoms with Gasteiger partial charge in [-0.2, -0.15) is 0 Å². The molecule has 5 nitrogen and oxygen atoms in total. The van der Waals surface area contributed by atoms with Crippen molar-refractivity contribution in [3.05, 3.63) is 90.0 Å². The number of amides is 3. The minimum Gasteiger partial charge on any atom is -0.310 e. The van der Waals surface area contributed by atoms with Crippen LogP contribution in [0.5, 0.6) is 0 Å². The molecular formula is C29H31N3O2. The highest BCUT2D eigenvalue weighted by atomic mass is 16.2. The Morgan fingerprint density at radius 2 is 1.59 bits per heavy atom. The first-order valence-corrected chi connectivity index (χ1v) is 12.2. The van der Waals surface area contributed by atoms with E-state index in [1.54, 1.807) is 4.90 Å². The number of carbonyl (C=O) groups is 2. The molecule has 0 bridgehead atoms. The van der Waals surface area contributed by atoms with Crippen LogP contribution in [0.3, 0.4) is 0 Å². The van der Waals surface area contributed by atoms with Crippen LogP contribution in [0.4, 0.5) is 4.79 Å². The minimum absolute atomic E-state index is 0.0394. The maximum atomic E-state index is 13.5. The van der Waals surface area contributed by atoms with Gasteiger partial charge in [-0.15, -0.1) is 0 Å². The molecule has 0 N–H and O–H groups in total. The quantitative estimate of drug-likeness (QED) is 0.484. The van der Waals surface area contributed by atoms with E-state index in [2.05, 4.69) is 47.4 Å². The Labute approximate surface area is 201 Å². The van der Waals surface area contributed by atoms with Gasteiger partial charge in [0, 0.05) is 32.7 Å². The summed E-state index contributed by atoms with van der Waals surface area (Å²) in [5.41, 5.74) is 1.64. The highest BCUT2D eigenvalue weighted by Gasteiger charge is 2.56. The van der Waals surface area contributed by atoms with Crippen LogP contribution >= 0.6 is 0 Å². The third-order valence-electron chi connectivity index (χ3n) is 7.24. The summed E-state index contributed by atoms with van der Waals surface area (Å²) >= 11 is 0. The number of fused-ring (bicyclic) bond motifs is 1. The van der Waals surface area contributed by atoms with Crippen molar-refractivity contribution in [2.45, 2.75) is 31.8 Å². The van der Waals surface area contributed by atoms with E-state index in [0.717, 1.165) is 25.2 Å². The van der Waals surface area contributed by atoms with Crippen molar-refractivity contribution in [2.75, 3.05) is 26.2 Å². The molecule has 3 aromatic carbocycles. The number of urea groups is 1. The zero-order valence-electron chi connectivity index (χ0n) is 19.7. The molecule has 3 aromatic rings. The van der Waals surface area contributed by atoms with Gasteiger partial charge in [-0.1, -0.05) is 78.9 Å². The van der Waals surface area contributed by atoms with Crippen molar-refractivity contribution in [2.24, 2.45) is 0 Å². The lowest BCUT2D eigenvalue weighted by Gasteiger charge is -2.42. The summed E-state index contributed by atoms with van der Waals surface area (Å²) in [5, 5.41) is 2.50. The van der Waals surface area contributed by atoms with Gasteiger partial charge < -0.3 is 4.90 Å². The molecule has 0 radical (unpaired) electrons. The van der Waals surface area contributed by atoms with E-state index >= 15 is 0 Å². The van der Waals surface area contributed by atoms with Crippen LogP contribution in [0.2, 0.25) is 0 Å². The molecule has 1 spiro atoms. The maximum absolute atomic E-state index is 13.5. The first-order valence-electron chi connectivity index (χ1n) is 12.2. The molecule has 5 heteroatoms. The number of piperidine rings is 1. The summed E-state index contributed by atoms with van der Waals surface area (Å²) in [6.07, 6.45) is 5.23. The predicted molar refractivity (Wildman–Crippen MR) is 136 cm³/mol. The second-order valence-electron chi connectivity index (χ2n) is 9.24. The average Bonchev–Trinajstić information content (AvgIpc) is 3.06. The fraction of sp³-hybridized carbons (Fsp3) is 0.310. The van der Waals surface area contributed by atoms with Gasteiger partial charge in [-0.25, -0.2) is 4.79 Å². The summed E-state index contributed by atoms with van der Waals surface area (Å²) in [6.45, 7) is 5.29. The van der Waals surface area contributed by atoms with Crippen LogP contribution in [0, 0.1) is 0 Å². The van der Waals surface area contributed by atoms with Crippen LogP contribution in [-0.4, -0.2) is 58.4 Å². The van der Waals surface area contributed by atoms with Crippen LogP contribution in [0.15, 0.2) is 78.9 Å². The van der Waals surface area contributed by atoms with E-state index in [-0.39, 0.29) is 11.9 Å². The van der Waals surface area contributed by atoms with Gasteiger partial charge in [0.05, 0.1) is 0 Å². The molecule has 2 saturated heterocycles. The van der Waals surface area contributed by atoms with E-state index in [4.69, 9.17) is 0 Å². The number of rotatable bonds is 6. The molecule has 0 atom stereocenters. The molecular weight excluding hydrogens is 422 g/mol. The fourth-order valence-corrected chi connectivity index (χ4v) is 5.40. The number of likely N-dealkylation sites (N-methyl/N-ethyl adjacent to an activating group) is 1. The third-order valence-corrected chi connectivity index (χ3v) is 7.24. The lowest BCUT2D eigenvalue weighted by molar-refractivity contribution is -0.135. The van der Waals surface area contributed by atoms with Crippen molar-refractivity contribution in [1.82, 2.24) is 14.7 Å². The third kappa shape index (κ3) is 4.12. The number of likely N-dealkylation sites (tertiary alicyclic amines) is 1. The highest BCUT2D eigenvalue weighted by Crippen LogP contribution is 2.37. The van der Waals surface area contributed by atoms with Crippen molar-refractivity contribution in [3.63, 3.8) is 0 Å². The molecule has 2 aliphatic heterocycles. The first kappa shape index (κ1) is 22.4. The second-order valence-corrected chi connectivity index (χ2v) is 9.24. The monoisotopic (exact) mass is 453 g/mol. The Balaban J connectivity index is 1.26. The topological polar surface area (TPSA) is 43.9 Å². The predicted octanol–water partition coefficient (Wildman–Crippen LogP) is 5.17. The summed E-state index contributed by atoms with van der Waals surface area (Å²) in [6, 6.07) is 24.8. The van der Waals surface area contributed by atoms with Gasteiger partial charge in [-0.3, -0.25) is 14.6 Å². The molecule has 2 heterocycles. The number of hydrogen-bond acceptors (Lipinski definition) is 3. The Bertz CT molecular complexity index is 1210. The van der Waals surface area contributed by atoms with Gasteiger partial charge >= 0.3 is 6.03 Å². The van der Waals surface area contributed by atoms with Crippen molar-refractivity contribution in [3.8, 4) is 0 Å². The summed E-state index contributed by atoms with van der Waals surface area (Å²) in [5.74, 6) is -0.0394. The molecule has 174 valence electrons. The van der Waals surface area contributed by atoms with Crippen LogP contribution in [-0.2, 0) is 11.3 Å². The van der Waals surface area contributed by atoms with E-state index in [0.29, 0.717) is 25.9 Å². The Kier molecular flexibility index (Phi) is 6.20. The average molecular weight is 454 g/mol. The van der Waals surface area contributed by atoms with Crippen LogP contribution < -0.4 is 0 Å². The van der Waals surface area contributed by atoms with Gasteiger partial charge in [0.15, 0.2) is 0 Å². The van der Waals surface area contributed by atoms with Gasteiger partial charge in [0.2, 0.25) is 0 Å². The van der Waals surface area contributed by atoms with Crippen molar-refractivity contribution in [1.29, 1.82) is 0 Å². The van der Waals surface area contributed by atoms with Gasteiger partial charge in [0.1, 0.15) is 5.54 Å². The molecule has 0 aliphatic carbocycles. The van der Waals surface area contributed by atoms with Crippen LogP contribution in [0.25, 0.3) is 16.8 Å².